The highest BCUT2D eigenvalue weighted by atomic mass is 14.9. The van der Waals surface area contributed by atoms with E-state index in [0.717, 1.165) is 101 Å². The summed E-state index contributed by atoms with van der Waals surface area (Å²) in [4.78, 5) is 35.0. The van der Waals surface area contributed by atoms with Crippen LogP contribution in [0.2, 0.25) is 0 Å². The summed E-state index contributed by atoms with van der Waals surface area (Å²) in [5.41, 5.74) is 15.5. The molecule has 8 heteroatoms. The molecule has 0 aliphatic carbocycles. The normalized spacial score (nSPS) is 18.9. The van der Waals surface area contributed by atoms with Crippen LogP contribution in [0.4, 0.5) is 0 Å². The van der Waals surface area contributed by atoms with E-state index in [1.807, 2.05) is 0 Å². The average molecular weight is 645 g/mol. The number of hydrogen-bond donors (Lipinski definition) is 4. The van der Waals surface area contributed by atoms with Crippen LogP contribution in [0.3, 0.4) is 0 Å². The van der Waals surface area contributed by atoms with Gasteiger partial charge in [0.25, 0.3) is 0 Å². The second-order valence-corrected chi connectivity index (χ2v) is 13.1. The molecule has 5 aliphatic rings. The number of H-pyrrole nitrogens is 4. The minimum atomic E-state index is -0.196. The molecular formula is C42H28N8. The van der Waals surface area contributed by atoms with Crippen molar-refractivity contribution in [2.75, 3.05) is 0 Å². The minimum Gasteiger partial charge on any atom is -0.354 e. The van der Waals surface area contributed by atoms with Crippen molar-refractivity contribution in [2.24, 2.45) is 9.98 Å². The van der Waals surface area contributed by atoms with Crippen molar-refractivity contribution in [3.8, 4) is 0 Å². The average Bonchev–Trinajstić information content (AvgIpc) is 3.99. The van der Waals surface area contributed by atoms with Crippen LogP contribution in [0.1, 0.15) is 68.8 Å². The van der Waals surface area contributed by atoms with E-state index in [4.69, 9.17) is 20.0 Å². The van der Waals surface area contributed by atoms with Crippen LogP contribution in [0.15, 0.2) is 107 Å². The number of hydrogen-bond acceptors (Lipinski definition) is 4. The van der Waals surface area contributed by atoms with E-state index < -0.39 is 0 Å². The predicted octanol–water partition coefficient (Wildman–Crippen LogP) is 9.15. The molecule has 0 saturated carbocycles. The van der Waals surface area contributed by atoms with Gasteiger partial charge in [0.05, 0.1) is 68.7 Å². The molecule has 0 radical (unpaired) electrons. The Kier molecular flexibility index (Phi) is 5.63. The van der Waals surface area contributed by atoms with Crippen molar-refractivity contribution >= 4 is 80.7 Å². The third-order valence-electron chi connectivity index (χ3n) is 9.94. The topological polar surface area (TPSA) is 114 Å². The van der Waals surface area contributed by atoms with Gasteiger partial charge in [-0.15, -0.1) is 0 Å². The predicted molar refractivity (Wildman–Crippen MR) is 204 cm³/mol. The Morgan fingerprint density at radius 3 is 1.38 bits per heavy atom. The summed E-state index contributed by atoms with van der Waals surface area (Å²) in [5.74, 6) is 0. The summed E-state index contributed by atoms with van der Waals surface area (Å²) >= 11 is 0. The van der Waals surface area contributed by atoms with Crippen molar-refractivity contribution in [1.82, 2.24) is 29.9 Å². The van der Waals surface area contributed by atoms with Gasteiger partial charge in [0.1, 0.15) is 0 Å². The molecule has 236 valence electrons. The molecule has 10 heterocycles. The number of fused-ring (bicyclic) bond motifs is 24. The number of nitrogens with one attached hydrogen (secondary N) is 4. The van der Waals surface area contributed by atoms with E-state index >= 15 is 0 Å². The molecule has 16 bridgehead atoms. The van der Waals surface area contributed by atoms with Gasteiger partial charge in [0, 0.05) is 33.2 Å². The quantitative estimate of drug-likeness (QED) is 0.132. The monoisotopic (exact) mass is 644 g/mol. The fraction of sp³-hybridized carbons (Fsp3) is 0.0476. The summed E-state index contributed by atoms with van der Waals surface area (Å²) in [6.07, 6.45) is 21.1. The van der Waals surface area contributed by atoms with Gasteiger partial charge in [0.2, 0.25) is 0 Å². The van der Waals surface area contributed by atoms with Gasteiger partial charge in [-0.05, 0) is 133 Å². The molecule has 0 fully saturated rings. The molecule has 0 saturated heterocycles. The van der Waals surface area contributed by atoms with Gasteiger partial charge < -0.3 is 19.9 Å². The first kappa shape index (κ1) is 27.2. The van der Waals surface area contributed by atoms with Gasteiger partial charge >= 0.3 is 0 Å². The Balaban J connectivity index is 1.22. The zero-order chi connectivity index (χ0) is 32.8. The lowest BCUT2D eigenvalue weighted by atomic mass is 9.91. The van der Waals surface area contributed by atoms with Crippen LogP contribution >= 0.6 is 0 Å². The van der Waals surface area contributed by atoms with Crippen LogP contribution in [0, 0.1) is 0 Å². The summed E-state index contributed by atoms with van der Waals surface area (Å²) in [7, 11) is 0. The number of rotatable bonds is 0. The molecule has 6 aromatic rings. The zero-order valence-corrected chi connectivity index (χ0v) is 26.6. The van der Waals surface area contributed by atoms with E-state index in [9.17, 15) is 0 Å². The molecule has 11 rings (SSSR count). The Labute approximate surface area is 285 Å². The van der Waals surface area contributed by atoms with Crippen molar-refractivity contribution < 1.29 is 0 Å². The van der Waals surface area contributed by atoms with Crippen molar-refractivity contribution in [3.63, 3.8) is 0 Å². The largest absolute Gasteiger partial charge is 0.354 e. The van der Waals surface area contributed by atoms with Crippen LogP contribution in [-0.2, 0) is 0 Å². The number of aromatic nitrogens is 6. The van der Waals surface area contributed by atoms with Crippen LogP contribution in [0.5, 0.6) is 0 Å². The molecule has 2 unspecified atom stereocenters. The van der Waals surface area contributed by atoms with Gasteiger partial charge in [-0.25, -0.2) is 9.97 Å². The standard InChI is InChI=1S/C42H28N8/c1-2-24-6-10-36(44-24)40-18-14-32(48-40)28-22-30-29(21-27(28)31-13-17-39(47-31)35-9-5-23(1)43-35)33-15-19-41(49-33)37-11-7-25(45-37)3-4-26-8-12-38(46-26)42-20-16-34(30)50-42/h1-22,31-32,43-46H/b2-1-,4-3?,25-3?,26-4?,33-29?,34-30?,41-37?,42-38?. The molecule has 0 amide bonds. The van der Waals surface area contributed by atoms with Gasteiger partial charge in [0.15, 0.2) is 0 Å². The summed E-state index contributed by atoms with van der Waals surface area (Å²) in [6.45, 7) is 0. The van der Waals surface area contributed by atoms with Crippen LogP contribution < -0.4 is 0 Å². The van der Waals surface area contributed by atoms with E-state index in [2.05, 4.69) is 153 Å². The summed E-state index contributed by atoms with van der Waals surface area (Å²) in [5, 5.41) is 2.01. The zero-order valence-electron chi connectivity index (χ0n) is 26.6. The molecule has 1 aromatic carbocycles. The van der Waals surface area contributed by atoms with Crippen LogP contribution in [-0.4, -0.2) is 41.3 Å². The first-order valence-electron chi connectivity index (χ1n) is 16.8. The smallest absolute Gasteiger partial charge is 0.0946 e. The van der Waals surface area contributed by atoms with Gasteiger partial charge in [-0.3, -0.25) is 9.98 Å². The number of aromatic amines is 4. The molecule has 4 N–H and O–H groups in total. The number of aliphatic imine (C=N–C) groups is 2. The third kappa shape index (κ3) is 4.39. The highest BCUT2D eigenvalue weighted by molar-refractivity contribution is 6.10. The second kappa shape index (κ2) is 10.3. The van der Waals surface area contributed by atoms with E-state index in [1.165, 1.54) is 0 Å². The Hall–Kier alpha value is -6.80. The third-order valence-corrected chi connectivity index (χ3v) is 9.94. The maximum absolute atomic E-state index is 5.27. The lowest BCUT2D eigenvalue weighted by molar-refractivity contribution is 0.853. The van der Waals surface area contributed by atoms with Gasteiger partial charge in [-0.2, -0.15) is 0 Å². The lowest BCUT2D eigenvalue weighted by Gasteiger charge is -2.17. The van der Waals surface area contributed by atoms with Crippen molar-refractivity contribution in [2.45, 2.75) is 12.1 Å². The first-order valence-corrected chi connectivity index (χ1v) is 16.8. The lowest BCUT2D eigenvalue weighted by Crippen LogP contribution is -2.03. The van der Waals surface area contributed by atoms with Crippen LogP contribution in [0.25, 0.3) is 69.3 Å². The molecule has 2 atom stereocenters. The van der Waals surface area contributed by atoms with Crippen molar-refractivity contribution in [3.05, 3.63) is 154 Å². The molecular weight excluding hydrogens is 617 g/mol. The molecule has 50 heavy (non-hydrogen) atoms. The minimum absolute atomic E-state index is 0.196. The number of nitrogens with zero attached hydrogens (tertiary/aromatic N) is 4. The summed E-state index contributed by atoms with van der Waals surface area (Å²) in [6, 6.07) is 25.0. The maximum Gasteiger partial charge on any atom is 0.0946 e. The van der Waals surface area contributed by atoms with E-state index in [1.54, 1.807) is 0 Å². The highest BCUT2D eigenvalue weighted by Gasteiger charge is 2.26. The molecule has 5 aliphatic heterocycles. The second-order valence-electron chi connectivity index (χ2n) is 13.1. The SMILES string of the molecule is C1=CC2N=C1c1ccc([nH]1)/C=C\c1ccc([nH]1)C1=NC(C=C1)c1cc3c4nc(c5ccc(ccc6ccc([nH]6)c6nc(c3cc12)C=C6)[nH]5)C=C4. The molecule has 0 spiro atoms. The Bertz CT molecular complexity index is 2640. The first-order chi connectivity index (χ1) is 24.7. The Morgan fingerprint density at radius 1 is 0.420 bits per heavy atom. The van der Waals surface area contributed by atoms with Gasteiger partial charge in [-0.1, -0.05) is 12.2 Å². The number of allylic oxidation sites excluding steroid dienone is 2. The highest BCUT2D eigenvalue weighted by Crippen LogP contribution is 2.40. The molecule has 5 aromatic heterocycles. The fourth-order valence-electron chi connectivity index (χ4n) is 7.39. The number of benzene rings is 1. The Morgan fingerprint density at radius 2 is 0.880 bits per heavy atom. The molecule has 8 nitrogen and oxygen atoms in total. The fourth-order valence-corrected chi connectivity index (χ4v) is 7.39. The van der Waals surface area contributed by atoms with E-state index in [-0.39, 0.29) is 12.1 Å². The van der Waals surface area contributed by atoms with Crippen molar-refractivity contribution in [1.29, 1.82) is 0 Å². The maximum atomic E-state index is 5.27. The summed E-state index contributed by atoms with van der Waals surface area (Å²) < 4.78 is 0. The van der Waals surface area contributed by atoms with E-state index in [0.29, 0.717) is 0 Å².